The number of ketones is 1. The van der Waals surface area contributed by atoms with E-state index in [0.717, 1.165) is 11.3 Å². The average molecular weight is 270 g/mol. The molecule has 0 aliphatic carbocycles. The molecule has 2 rings (SSSR count). The Balaban J connectivity index is 1.97. The normalized spacial score (nSPS) is 12.1. The Hall–Kier alpha value is -1.54. The van der Waals surface area contributed by atoms with E-state index in [1.807, 2.05) is 49.4 Å². The summed E-state index contributed by atoms with van der Waals surface area (Å²) in [6.07, 6.45) is 0. The first-order chi connectivity index (χ1) is 9.18. The Morgan fingerprint density at radius 2 is 1.68 bits per heavy atom. The van der Waals surface area contributed by atoms with Gasteiger partial charge in [-0.15, -0.1) is 11.8 Å². The average Bonchev–Trinajstić information content (AvgIpc) is 2.46. The second-order valence-corrected chi connectivity index (χ2v) is 5.94. The van der Waals surface area contributed by atoms with Crippen LogP contribution in [-0.2, 0) is 5.75 Å². The highest BCUT2D eigenvalue weighted by Gasteiger charge is 2.15. The summed E-state index contributed by atoms with van der Waals surface area (Å²) in [7, 11) is 0. The topological polar surface area (TPSA) is 17.1 Å². The molecule has 0 spiro atoms. The molecule has 2 aromatic carbocycles. The van der Waals surface area contributed by atoms with E-state index < -0.39 is 0 Å². The highest BCUT2D eigenvalue weighted by Crippen LogP contribution is 2.22. The molecule has 1 atom stereocenters. The quantitative estimate of drug-likeness (QED) is 0.744. The van der Waals surface area contributed by atoms with Crippen molar-refractivity contribution in [2.24, 2.45) is 0 Å². The van der Waals surface area contributed by atoms with Crippen molar-refractivity contribution in [3.63, 3.8) is 0 Å². The monoisotopic (exact) mass is 270 g/mol. The minimum absolute atomic E-state index is 0.0120. The van der Waals surface area contributed by atoms with Crippen LogP contribution in [0.2, 0.25) is 0 Å². The van der Waals surface area contributed by atoms with Gasteiger partial charge in [0, 0.05) is 11.3 Å². The van der Waals surface area contributed by atoms with Gasteiger partial charge < -0.3 is 0 Å². The first-order valence-electron chi connectivity index (χ1n) is 6.44. The number of Topliss-reactive ketones (excluding diaryl/α,β-unsaturated/α-hetero) is 1. The van der Waals surface area contributed by atoms with Gasteiger partial charge in [0.05, 0.1) is 5.25 Å². The first kappa shape index (κ1) is 13.9. The van der Waals surface area contributed by atoms with Gasteiger partial charge in [0.2, 0.25) is 0 Å². The van der Waals surface area contributed by atoms with Crippen molar-refractivity contribution in [3.8, 4) is 0 Å². The van der Waals surface area contributed by atoms with Gasteiger partial charge in [-0.2, -0.15) is 0 Å². The zero-order valence-electron chi connectivity index (χ0n) is 11.3. The maximum atomic E-state index is 12.2. The number of carbonyl (C=O) groups is 1. The minimum Gasteiger partial charge on any atom is -0.293 e. The Bertz CT molecular complexity index is 548. The Kier molecular flexibility index (Phi) is 4.80. The Morgan fingerprint density at radius 3 is 2.37 bits per heavy atom. The zero-order chi connectivity index (χ0) is 13.7. The van der Waals surface area contributed by atoms with Gasteiger partial charge in [-0.1, -0.05) is 54.6 Å². The van der Waals surface area contributed by atoms with Crippen LogP contribution in [0.5, 0.6) is 0 Å². The Morgan fingerprint density at radius 1 is 1.05 bits per heavy atom. The predicted molar refractivity (Wildman–Crippen MR) is 82.7 cm³/mol. The van der Waals surface area contributed by atoms with E-state index in [9.17, 15) is 4.79 Å². The van der Waals surface area contributed by atoms with Gasteiger partial charge in [0.15, 0.2) is 5.78 Å². The summed E-state index contributed by atoms with van der Waals surface area (Å²) in [4.78, 5) is 12.2. The van der Waals surface area contributed by atoms with Crippen LogP contribution in [0.3, 0.4) is 0 Å². The number of rotatable bonds is 5. The molecule has 2 heteroatoms. The standard InChI is InChI=1S/C17H18OS/c1-13-8-6-7-11-16(13)12-19-14(2)17(18)15-9-4-3-5-10-15/h3-11,14H,12H2,1-2H3. The molecule has 0 aliphatic rings. The van der Waals surface area contributed by atoms with Crippen molar-refractivity contribution in [1.29, 1.82) is 0 Å². The van der Waals surface area contributed by atoms with Crippen LogP contribution in [0.25, 0.3) is 0 Å². The lowest BCUT2D eigenvalue weighted by Crippen LogP contribution is -2.13. The van der Waals surface area contributed by atoms with Crippen molar-refractivity contribution in [3.05, 3.63) is 71.3 Å². The molecular formula is C17H18OS. The maximum Gasteiger partial charge on any atom is 0.175 e. The molecule has 1 unspecified atom stereocenters. The van der Waals surface area contributed by atoms with E-state index in [1.165, 1.54) is 11.1 Å². The van der Waals surface area contributed by atoms with E-state index in [1.54, 1.807) is 11.8 Å². The van der Waals surface area contributed by atoms with Gasteiger partial charge in [0.1, 0.15) is 0 Å². The Labute approximate surface area is 119 Å². The minimum atomic E-state index is -0.0120. The van der Waals surface area contributed by atoms with Gasteiger partial charge in [-0.25, -0.2) is 0 Å². The van der Waals surface area contributed by atoms with Gasteiger partial charge in [0.25, 0.3) is 0 Å². The summed E-state index contributed by atoms with van der Waals surface area (Å²) >= 11 is 1.70. The van der Waals surface area contributed by atoms with Crippen LogP contribution in [0.1, 0.15) is 28.4 Å². The summed E-state index contributed by atoms with van der Waals surface area (Å²) in [6.45, 7) is 4.10. The van der Waals surface area contributed by atoms with Crippen LogP contribution < -0.4 is 0 Å². The molecule has 0 radical (unpaired) electrons. The smallest absolute Gasteiger partial charge is 0.175 e. The van der Waals surface area contributed by atoms with Gasteiger partial charge in [-0.05, 0) is 25.0 Å². The molecule has 98 valence electrons. The molecular weight excluding hydrogens is 252 g/mol. The van der Waals surface area contributed by atoms with E-state index >= 15 is 0 Å². The number of hydrogen-bond donors (Lipinski definition) is 0. The molecule has 19 heavy (non-hydrogen) atoms. The van der Waals surface area contributed by atoms with Crippen molar-refractivity contribution in [1.82, 2.24) is 0 Å². The van der Waals surface area contributed by atoms with Crippen LogP contribution in [0.4, 0.5) is 0 Å². The lowest BCUT2D eigenvalue weighted by atomic mass is 10.1. The molecule has 0 fully saturated rings. The summed E-state index contributed by atoms with van der Waals surface area (Å²) < 4.78 is 0. The largest absolute Gasteiger partial charge is 0.293 e. The summed E-state index contributed by atoms with van der Waals surface area (Å²) in [5, 5.41) is -0.0120. The highest BCUT2D eigenvalue weighted by atomic mass is 32.2. The number of thioether (sulfide) groups is 1. The molecule has 0 saturated heterocycles. The fourth-order valence-electron chi connectivity index (χ4n) is 1.90. The molecule has 0 amide bonds. The third-order valence-corrected chi connectivity index (χ3v) is 4.37. The van der Waals surface area contributed by atoms with Crippen LogP contribution >= 0.6 is 11.8 Å². The van der Waals surface area contributed by atoms with E-state index in [-0.39, 0.29) is 11.0 Å². The number of aryl methyl sites for hydroxylation is 1. The third-order valence-electron chi connectivity index (χ3n) is 3.18. The van der Waals surface area contributed by atoms with Crippen molar-refractivity contribution < 1.29 is 4.79 Å². The second-order valence-electron chi connectivity index (χ2n) is 4.61. The van der Waals surface area contributed by atoms with Crippen LogP contribution in [0, 0.1) is 6.92 Å². The molecule has 0 N–H and O–H groups in total. The molecule has 2 aromatic rings. The molecule has 0 aliphatic heterocycles. The zero-order valence-corrected chi connectivity index (χ0v) is 12.1. The molecule has 0 aromatic heterocycles. The molecule has 0 bridgehead atoms. The first-order valence-corrected chi connectivity index (χ1v) is 7.48. The van der Waals surface area contributed by atoms with Gasteiger partial charge >= 0.3 is 0 Å². The van der Waals surface area contributed by atoms with Crippen LogP contribution in [0.15, 0.2) is 54.6 Å². The second kappa shape index (κ2) is 6.58. The molecule has 0 heterocycles. The fraction of sp³-hybridized carbons (Fsp3) is 0.235. The van der Waals surface area contributed by atoms with E-state index in [0.29, 0.717) is 0 Å². The maximum absolute atomic E-state index is 12.2. The van der Waals surface area contributed by atoms with Crippen molar-refractivity contribution >= 4 is 17.5 Å². The summed E-state index contributed by atoms with van der Waals surface area (Å²) in [5.74, 6) is 1.09. The molecule has 1 nitrogen and oxygen atoms in total. The van der Waals surface area contributed by atoms with E-state index in [2.05, 4.69) is 19.1 Å². The fourth-order valence-corrected chi connectivity index (χ4v) is 2.94. The lowest BCUT2D eigenvalue weighted by molar-refractivity contribution is 0.0994. The SMILES string of the molecule is Cc1ccccc1CSC(C)C(=O)c1ccccc1. The number of carbonyl (C=O) groups excluding carboxylic acids is 1. The van der Waals surface area contributed by atoms with E-state index in [4.69, 9.17) is 0 Å². The number of benzene rings is 2. The summed E-state index contributed by atoms with van der Waals surface area (Å²) in [5.41, 5.74) is 3.39. The highest BCUT2D eigenvalue weighted by molar-refractivity contribution is 7.99. The predicted octanol–water partition coefficient (Wildman–Crippen LogP) is 4.50. The van der Waals surface area contributed by atoms with Crippen LogP contribution in [-0.4, -0.2) is 11.0 Å². The molecule has 0 saturated carbocycles. The number of hydrogen-bond acceptors (Lipinski definition) is 2. The lowest BCUT2D eigenvalue weighted by Gasteiger charge is -2.11. The van der Waals surface area contributed by atoms with Gasteiger partial charge in [-0.3, -0.25) is 4.79 Å². The third kappa shape index (κ3) is 3.71. The van der Waals surface area contributed by atoms with Crippen molar-refractivity contribution in [2.75, 3.05) is 0 Å². The van der Waals surface area contributed by atoms with Crippen molar-refractivity contribution in [2.45, 2.75) is 24.9 Å². The summed E-state index contributed by atoms with van der Waals surface area (Å²) in [6, 6.07) is 17.8.